The Balaban J connectivity index is 1.03. The summed E-state index contributed by atoms with van der Waals surface area (Å²) in [6, 6.07) is 8.34. The van der Waals surface area contributed by atoms with Crippen molar-refractivity contribution in [3.8, 4) is 0 Å². The molecule has 1 amide bonds. The van der Waals surface area contributed by atoms with Crippen molar-refractivity contribution in [3.63, 3.8) is 0 Å². The largest absolute Gasteiger partial charge is 0.378 e. The molecule has 10 saturated carbocycles. The molecule has 4 heteroatoms. The molecule has 4 nitrogen and oxygen atoms in total. The first-order valence-electron chi connectivity index (χ1n) is 12.8. The van der Waals surface area contributed by atoms with Crippen LogP contribution < -0.4 is 10.6 Å². The Hall–Kier alpha value is -1.84. The second-order valence-corrected chi connectivity index (χ2v) is 12.9. The summed E-state index contributed by atoms with van der Waals surface area (Å²) < 4.78 is 0. The van der Waals surface area contributed by atoms with Crippen LogP contribution in [0.3, 0.4) is 0 Å². The summed E-state index contributed by atoms with van der Waals surface area (Å²) in [5.74, 6) is 6.33. The summed E-state index contributed by atoms with van der Waals surface area (Å²) in [5.41, 5.74) is 1.92. The summed E-state index contributed by atoms with van der Waals surface area (Å²) in [4.78, 5) is 26.7. The summed E-state index contributed by atoms with van der Waals surface area (Å²) in [6.07, 6.45) is 9.40. The third-order valence-electron chi connectivity index (χ3n) is 11.9. The number of carbonyl (C=O) groups excluding carboxylic acids is 2. The molecule has 10 aliphatic carbocycles. The highest BCUT2D eigenvalue weighted by Gasteiger charge is 2.96. The number of Topliss-reactive ketones (excluding diaryl/α,β-unsaturated/α-hetero) is 1. The molecule has 8 bridgehead atoms. The molecule has 0 heterocycles. The van der Waals surface area contributed by atoms with Gasteiger partial charge in [0.2, 0.25) is 5.91 Å². The van der Waals surface area contributed by atoms with Gasteiger partial charge in [0.05, 0.1) is 16.8 Å². The van der Waals surface area contributed by atoms with Crippen LogP contribution in [0.5, 0.6) is 0 Å². The van der Waals surface area contributed by atoms with E-state index in [9.17, 15) is 9.59 Å². The number of amides is 1. The molecule has 0 aromatic heterocycles. The average molecular weight is 415 g/mol. The monoisotopic (exact) mass is 414 g/mol. The number of nitrogens with one attached hydrogen (secondary N) is 2. The summed E-state index contributed by atoms with van der Waals surface area (Å²) >= 11 is 0. The van der Waals surface area contributed by atoms with Crippen LogP contribution in [-0.2, 0) is 9.59 Å². The van der Waals surface area contributed by atoms with Crippen molar-refractivity contribution in [2.24, 2.45) is 64.6 Å². The molecule has 160 valence electrons. The number of benzene rings is 1. The van der Waals surface area contributed by atoms with E-state index in [2.05, 4.69) is 28.8 Å². The highest BCUT2D eigenvalue weighted by atomic mass is 16.2. The van der Waals surface area contributed by atoms with E-state index in [-0.39, 0.29) is 28.7 Å². The number of rotatable bonds is 4. The van der Waals surface area contributed by atoms with Gasteiger partial charge in [-0.1, -0.05) is 12.1 Å². The molecule has 10 fully saturated rings. The lowest BCUT2D eigenvalue weighted by Crippen LogP contribution is -2.74. The lowest BCUT2D eigenvalue weighted by atomic mass is 9.31. The Morgan fingerprint density at radius 2 is 1.55 bits per heavy atom. The first kappa shape index (κ1) is 16.7. The summed E-state index contributed by atoms with van der Waals surface area (Å²) in [6.45, 7) is 0. The highest BCUT2D eigenvalue weighted by Crippen LogP contribution is 2.92. The number of hydrogen-bond donors (Lipinski definition) is 2. The van der Waals surface area contributed by atoms with Crippen molar-refractivity contribution in [2.75, 3.05) is 10.6 Å². The van der Waals surface area contributed by atoms with Crippen molar-refractivity contribution in [1.29, 1.82) is 0 Å². The summed E-state index contributed by atoms with van der Waals surface area (Å²) in [5, 5.41) is 7.34. The van der Waals surface area contributed by atoms with Crippen LogP contribution in [0.1, 0.15) is 44.9 Å². The van der Waals surface area contributed by atoms with Crippen LogP contribution in [0.4, 0.5) is 11.4 Å². The fraction of sp³-hybridized carbons (Fsp3) is 0.704. The minimum absolute atomic E-state index is 0.0551. The van der Waals surface area contributed by atoms with Gasteiger partial charge in [-0.2, -0.15) is 0 Å². The van der Waals surface area contributed by atoms with Gasteiger partial charge in [0, 0.05) is 17.4 Å². The Labute approximate surface area is 182 Å². The van der Waals surface area contributed by atoms with Crippen LogP contribution in [0.2, 0.25) is 0 Å². The van der Waals surface area contributed by atoms with E-state index >= 15 is 0 Å². The molecular weight excluding hydrogens is 384 g/mol. The van der Waals surface area contributed by atoms with Crippen molar-refractivity contribution in [1.82, 2.24) is 0 Å². The van der Waals surface area contributed by atoms with Gasteiger partial charge in [-0.05, 0) is 104 Å². The lowest BCUT2D eigenvalue weighted by Gasteiger charge is -2.70. The highest BCUT2D eigenvalue weighted by molar-refractivity contribution is 6.09. The van der Waals surface area contributed by atoms with Gasteiger partial charge in [-0.25, -0.2) is 0 Å². The van der Waals surface area contributed by atoms with Gasteiger partial charge in [0.15, 0.2) is 0 Å². The molecule has 1 aromatic carbocycles. The number of carbonyl (C=O) groups is 2. The van der Waals surface area contributed by atoms with Crippen LogP contribution in [-0.4, -0.2) is 17.2 Å². The van der Waals surface area contributed by atoms with Crippen LogP contribution in [0.15, 0.2) is 24.3 Å². The van der Waals surface area contributed by atoms with Crippen molar-refractivity contribution in [2.45, 2.75) is 50.5 Å². The van der Waals surface area contributed by atoms with E-state index in [4.69, 9.17) is 0 Å². The molecule has 31 heavy (non-hydrogen) atoms. The smallest absolute Gasteiger partial charge is 0.232 e. The number of para-hydroxylation sites is 2. The maximum Gasteiger partial charge on any atom is 0.232 e. The zero-order valence-electron chi connectivity index (χ0n) is 17.8. The first-order valence-corrected chi connectivity index (χ1v) is 12.8. The van der Waals surface area contributed by atoms with Gasteiger partial charge in [0.25, 0.3) is 0 Å². The molecule has 10 aliphatic rings. The minimum atomic E-state index is -0.335. The third kappa shape index (κ3) is 1.62. The van der Waals surface area contributed by atoms with E-state index < -0.39 is 0 Å². The van der Waals surface area contributed by atoms with Crippen molar-refractivity contribution in [3.05, 3.63) is 24.3 Å². The first-order chi connectivity index (χ1) is 15.1. The Bertz CT molecular complexity index is 1040. The zero-order valence-corrected chi connectivity index (χ0v) is 17.8. The molecule has 2 N–H and O–H groups in total. The van der Waals surface area contributed by atoms with Crippen LogP contribution in [0, 0.1) is 64.6 Å². The number of ketones is 1. The van der Waals surface area contributed by atoms with E-state index in [1.54, 1.807) is 0 Å². The van der Waals surface area contributed by atoms with E-state index in [1.165, 1.54) is 44.9 Å². The predicted octanol–water partition coefficient (Wildman–Crippen LogP) is 4.33. The minimum Gasteiger partial charge on any atom is -0.378 e. The average Bonchev–Trinajstić information content (AvgIpc) is 3.23. The number of anilines is 2. The maximum atomic E-state index is 13.7. The molecule has 8 unspecified atom stereocenters. The van der Waals surface area contributed by atoms with Gasteiger partial charge in [-0.15, -0.1) is 0 Å². The SMILES string of the molecule is O=C1C2C3CC4C2C2(C(=O)Nc5ccccc5NC56CC7CC(CC(C7)C5)C6)C1C3C42. The molecule has 0 spiro atoms. The molecule has 11 rings (SSSR count). The van der Waals surface area contributed by atoms with Gasteiger partial charge >= 0.3 is 0 Å². The van der Waals surface area contributed by atoms with Gasteiger partial charge in [-0.3, -0.25) is 9.59 Å². The second kappa shape index (κ2) is 4.89. The zero-order chi connectivity index (χ0) is 20.3. The Kier molecular flexibility index (Phi) is 2.64. The molecular formula is C27H30N2O2. The van der Waals surface area contributed by atoms with E-state index in [0.717, 1.165) is 29.1 Å². The van der Waals surface area contributed by atoms with Crippen LogP contribution in [0.25, 0.3) is 0 Å². The lowest BCUT2D eigenvalue weighted by molar-refractivity contribution is -0.245. The quantitative estimate of drug-likeness (QED) is 0.771. The van der Waals surface area contributed by atoms with Crippen molar-refractivity contribution >= 4 is 23.1 Å². The van der Waals surface area contributed by atoms with Crippen LogP contribution >= 0.6 is 0 Å². The van der Waals surface area contributed by atoms with Gasteiger partial charge < -0.3 is 10.6 Å². The fourth-order valence-electron chi connectivity index (χ4n) is 11.9. The van der Waals surface area contributed by atoms with Gasteiger partial charge in [0.1, 0.15) is 5.78 Å². The fourth-order valence-corrected chi connectivity index (χ4v) is 11.9. The second-order valence-electron chi connectivity index (χ2n) is 12.9. The topological polar surface area (TPSA) is 58.2 Å². The van der Waals surface area contributed by atoms with Crippen molar-refractivity contribution < 1.29 is 9.59 Å². The Morgan fingerprint density at radius 1 is 0.871 bits per heavy atom. The normalized spacial score (nSPS) is 57.2. The molecule has 8 atom stereocenters. The Morgan fingerprint density at radius 3 is 2.23 bits per heavy atom. The standard InChI is InChI=1S/C27H30N2O2/c30-24-20-15-8-16-21-19(15)23(24)27(21,22(16)20)25(31)28-17-3-1-2-4-18(17)29-26-9-12-5-13(10-26)7-14(6-12)11-26/h1-4,12-16,19-23,29H,5-11H2,(H,28,31). The third-order valence-corrected chi connectivity index (χ3v) is 11.9. The maximum absolute atomic E-state index is 13.7. The molecule has 0 saturated heterocycles. The molecule has 1 aromatic rings. The molecule has 0 radical (unpaired) electrons. The van der Waals surface area contributed by atoms with E-state index in [0.29, 0.717) is 35.4 Å². The summed E-state index contributed by atoms with van der Waals surface area (Å²) in [7, 11) is 0. The number of hydrogen-bond acceptors (Lipinski definition) is 3. The predicted molar refractivity (Wildman–Crippen MR) is 116 cm³/mol. The van der Waals surface area contributed by atoms with E-state index in [1.807, 2.05) is 6.07 Å². The molecule has 0 aliphatic heterocycles.